The molecule has 1 aromatic rings. The van der Waals surface area contributed by atoms with Gasteiger partial charge in [-0.05, 0) is 32.9 Å². The van der Waals surface area contributed by atoms with E-state index in [0.717, 1.165) is 19.2 Å². The van der Waals surface area contributed by atoms with Crippen LogP contribution < -0.4 is 9.46 Å². The van der Waals surface area contributed by atoms with Crippen LogP contribution in [0.5, 0.6) is 5.75 Å². The number of methoxy groups -OCH3 is 1. The number of alkyl halides is 3. The van der Waals surface area contributed by atoms with Crippen LogP contribution in [-0.2, 0) is 24.3 Å². The van der Waals surface area contributed by atoms with Crippen LogP contribution in [0.4, 0.5) is 13.2 Å². The molecule has 0 unspecified atom stereocenters. The first kappa shape index (κ1) is 22.2. The van der Waals surface area contributed by atoms with Gasteiger partial charge in [0.2, 0.25) is 10.0 Å². The summed E-state index contributed by atoms with van der Waals surface area (Å²) in [5, 5.41) is 0. The number of para-hydroxylation sites is 1. The van der Waals surface area contributed by atoms with Crippen LogP contribution in [-0.4, -0.2) is 46.1 Å². The van der Waals surface area contributed by atoms with Gasteiger partial charge in [-0.15, -0.1) is 13.2 Å². The smallest absolute Gasteiger partial charge is 0.468 e. The lowest BCUT2D eigenvalue weighted by atomic mass is 10.2. The summed E-state index contributed by atoms with van der Waals surface area (Å²) in [7, 11) is -3.50. The van der Waals surface area contributed by atoms with Crippen LogP contribution in [0.25, 0.3) is 0 Å². The van der Waals surface area contributed by atoms with Gasteiger partial charge in [0.05, 0.1) is 19.3 Å². The predicted octanol–water partition coefficient (Wildman–Crippen LogP) is 2.22. The molecule has 0 saturated carbocycles. The fraction of sp³-hybridized carbons (Fsp3) is 0.533. The van der Waals surface area contributed by atoms with E-state index in [-0.39, 0.29) is 6.61 Å². The van der Waals surface area contributed by atoms with Crippen LogP contribution in [0.1, 0.15) is 20.8 Å². The molecule has 0 spiro atoms. The molecule has 0 heterocycles. The molecule has 1 atom stereocenters. The van der Waals surface area contributed by atoms with Gasteiger partial charge < -0.3 is 14.2 Å². The van der Waals surface area contributed by atoms with E-state index in [1.807, 2.05) is 4.72 Å². The van der Waals surface area contributed by atoms with Crippen molar-refractivity contribution in [1.29, 1.82) is 0 Å². The summed E-state index contributed by atoms with van der Waals surface area (Å²) in [6.45, 7) is 4.67. The van der Waals surface area contributed by atoms with Gasteiger partial charge in [-0.1, -0.05) is 12.1 Å². The van der Waals surface area contributed by atoms with Gasteiger partial charge in [0, 0.05) is 0 Å². The molecule has 148 valence electrons. The first-order chi connectivity index (χ1) is 11.7. The van der Waals surface area contributed by atoms with E-state index in [0.29, 0.717) is 0 Å². The van der Waals surface area contributed by atoms with Crippen LogP contribution in [0, 0.1) is 0 Å². The number of hydrogen-bond donors (Lipinski definition) is 1. The molecule has 0 aliphatic heterocycles. The van der Waals surface area contributed by atoms with Gasteiger partial charge in [0.15, 0.2) is 0 Å². The molecule has 1 aromatic carbocycles. The minimum atomic E-state index is -5.08. The zero-order chi connectivity index (χ0) is 20.2. The molecule has 0 bridgehead atoms. The number of carbonyl (C=O) groups is 1. The highest BCUT2D eigenvalue weighted by Gasteiger charge is 2.35. The summed E-state index contributed by atoms with van der Waals surface area (Å²) in [5.41, 5.74) is -0.685. The van der Waals surface area contributed by atoms with Gasteiger partial charge in [-0.2, -0.15) is 4.72 Å². The maximum absolute atomic E-state index is 12.5. The average Bonchev–Trinajstić information content (AvgIpc) is 2.48. The van der Waals surface area contributed by atoms with E-state index in [1.54, 1.807) is 20.8 Å². The molecule has 0 aliphatic rings. The Labute approximate surface area is 149 Å². The fourth-order valence-electron chi connectivity index (χ4n) is 1.76. The Kier molecular flexibility index (Phi) is 7.02. The molecule has 0 aromatic heterocycles. The lowest BCUT2D eigenvalue weighted by Gasteiger charge is -2.24. The number of hydrogen-bond acceptors (Lipinski definition) is 6. The van der Waals surface area contributed by atoms with Crippen molar-refractivity contribution < 1.29 is 40.6 Å². The molecule has 0 saturated heterocycles. The minimum Gasteiger partial charge on any atom is -0.468 e. The number of rotatable bonds is 7. The van der Waals surface area contributed by atoms with Gasteiger partial charge in [0.25, 0.3) is 0 Å². The molecule has 26 heavy (non-hydrogen) atoms. The molecule has 0 amide bonds. The summed E-state index contributed by atoms with van der Waals surface area (Å²) in [6, 6.07) is 2.71. The fourth-order valence-corrected chi connectivity index (χ4v) is 3.06. The number of nitrogens with one attached hydrogen (secondary N) is 1. The summed E-state index contributed by atoms with van der Waals surface area (Å²) in [4.78, 5) is 11.0. The van der Waals surface area contributed by atoms with Crippen LogP contribution in [0.15, 0.2) is 29.2 Å². The molecular formula is C15H20F3NO6S. The molecule has 11 heteroatoms. The van der Waals surface area contributed by atoms with Crippen molar-refractivity contribution in [3.63, 3.8) is 0 Å². The van der Waals surface area contributed by atoms with E-state index < -0.39 is 44.6 Å². The SMILES string of the molecule is COC(=O)[C@H](COC(C)(C)C)NS(=O)(=O)c1ccccc1OC(F)(F)F. The highest BCUT2D eigenvalue weighted by molar-refractivity contribution is 7.89. The van der Waals surface area contributed by atoms with E-state index in [9.17, 15) is 26.4 Å². The Morgan fingerprint density at radius 1 is 1.19 bits per heavy atom. The Morgan fingerprint density at radius 3 is 2.27 bits per heavy atom. The molecule has 0 fully saturated rings. The predicted molar refractivity (Wildman–Crippen MR) is 85.0 cm³/mol. The number of ether oxygens (including phenoxy) is 3. The Balaban J connectivity index is 3.13. The van der Waals surface area contributed by atoms with Crippen LogP contribution in [0.2, 0.25) is 0 Å². The van der Waals surface area contributed by atoms with Crippen molar-refractivity contribution in [2.24, 2.45) is 0 Å². The summed E-state index contributed by atoms with van der Waals surface area (Å²) in [5.74, 6) is -1.88. The standard InChI is InChI=1S/C15H20F3NO6S/c1-14(2,3)24-9-10(13(20)23-4)19-26(21,22)12-8-6-5-7-11(12)25-15(16,17)18/h5-8,10,19H,9H2,1-4H3/t10-/m0/s1. The van der Waals surface area contributed by atoms with Crippen LogP contribution in [0.3, 0.4) is 0 Å². The lowest BCUT2D eigenvalue weighted by Crippen LogP contribution is -2.46. The lowest BCUT2D eigenvalue weighted by molar-refractivity contribution is -0.275. The molecule has 0 radical (unpaired) electrons. The zero-order valence-corrected chi connectivity index (χ0v) is 15.4. The molecule has 1 rings (SSSR count). The number of halogens is 3. The largest absolute Gasteiger partial charge is 0.573 e. The minimum absolute atomic E-state index is 0.377. The van der Waals surface area contributed by atoms with E-state index in [1.165, 1.54) is 12.1 Å². The second-order valence-electron chi connectivity index (χ2n) is 6.11. The maximum Gasteiger partial charge on any atom is 0.573 e. The first-order valence-electron chi connectivity index (χ1n) is 7.34. The molecule has 7 nitrogen and oxygen atoms in total. The summed E-state index contributed by atoms with van der Waals surface area (Å²) >= 11 is 0. The highest BCUT2D eigenvalue weighted by Crippen LogP contribution is 2.29. The van der Waals surface area contributed by atoms with Crippen molar-refractivity contribution in [2.45, 2.75) is 43.7 Å². The number of benzene rings is 1. The van der Waals surface area contributed by atoms with Crippen molar-refractivity contribution in [3.8, 4) is 5.75 Å². The van der Waals surface area contributed by atoms with Gasteiger partial charge in [0.1, 0.15) is 16.7 Å². The summed E-state index contributed by atoms with van der Waals surface area (Å²) < 4.78 is 78.0. The second kappa shape index (κ2) is 8.23. The van der Waals surface area contributed by atoms with Gasteiger partial charge in [-0.25, -0.2) is 8.42 Å². The van der Waals surface area contributed by atoms with Gasteiger partial charge in [-0.3, -0.25) is 4.79 Å². The summed E-state index contributed by atoms with van der Waals surface area (Å²) in [6.07, 6.45) is -5.08. The van der Waals surface area contributed by atoms with Crippen LogP contribution >= 0.6 is 0 Å². The third-order valence-corrected chi connectivity index (χ3v) is 4.34. The third-order valence-electron chi connectivity index (χ3n) is 2.83. The normalized spacial score (nSPS) is 14.0. The second-order valence-corrected chi connectivity index (χ2v) is 7.80. The topological polar surface area (TPSA) is 90.9 Å². The van der Waals surface area contributed by atoms with Crippen molar-refractivity contribution in [2.75, 3.05) is 13.7 Å². The average molecular weight is 399 g/mol. The maximum atomic E-state index is 12.5. The highest BCUT2D eigenvalue weighted by atomic mass is 32.2. The van der Waals surface area contributed by atoms with E-state index in [4.69, 9.17) is 4.74 Å². The Hall–Kier alpha value is -1.85. The Morgan fingerprint density at radius 2 is 1.77 bits per heavy atom. The quantitative estimate of drug-likeness (QED) is 0.707. The van der Waals surface area contributed by atoms with Crippen molar-refractivity contribution in [3.05, 3.63) is 24.3 Å². The molecule has 0 aliphatic carbocycles. The van der Waals surface area contributed by atoms with Crippen molar-refractivity contribution >= 4 is 16.0 Å². The Bertz CT molecular complexity index is 728. The van der Waals surface area contributed by atoms with E-state index in [2.05, 4.69) is 9.47 Å². The number of carbonyl (C=O) groups excluding carboxylic acids is 1. The first-order valence-corrected chi connectivity index (χ1v) is 8.82. The molecular weight excluding hydrogens is 379 g/mol. The monoisotopic (exact) mass is 399 g/mol. The number of esters is 1. The van der Waals surface area contributed by atoms with Crippen molar-refractivity contribution in [1.82, 2.24) is 4.72 Å². The van der Waals surface area contributed by atoms with E-state index >= 15 is 0 Å². The molecule has 1 N–H and O–H groups in total. The zero-order valence-electron chi connectivity index (χ0n) is 14.6. The third kappa shape index (κ3) is 7.18. The number of sulfonamides is 1. The van der Waals surface area contributed by atoms with Gasteiger partial charge >= 0.3 is 12.3 Å².